The topological polar surface area (TPSA) is 45.8 Å². The van der Waals surface area contributed by atoms with Crippen molar-refractivity contribution in [1.29, 1.82) is 0 Å². The Hall–Kier alpha value is -1.35. The molecule has 0 spiro atoms. The van der Waals surface area contributed by atoms with E-state index < -0.39 is 5.24 Å². The van der Waals surface area contributed by atoms with E-state index in [4.69, 9.17) is 11.6 Å². The molecule has 2 aromatic rings. The maximum atomic E-state index is 10.9. The number of nitrogens with zero attached hydrogens (tertiary/aromatic N) is 1. The standard InChI is InChI=1S/C8H5ClN2O/c9-8(12)5-2-1-3-6-7(5)11-4-10-6/h1-4H,(H,10,11). The lowest BCUT2D eigenvalue weighted by molar-refractivity contribution is 0.108. The Labute approximate surface area is 73.4 Å². The highest BCUT2D eigenvalue weighted by Gasteiger charge is 2.07. The first-order valence-corrected chi connectivity index (χ1v) is 3.79. The second-order valence-corrected chi connectivity index (χ2v) is 2.72. The molecule has 0 aliphatic heterocycles. The molecule has 0 fully saturated rings. The summed E-state index contributed by atoms with van der Waals surface area (Å²) >= 11 is 5.35. The van der Waals surface area contributed by atoms with Crippen LogP contribution in [-0.2, 0) is 0 Å². The van der Waals surface area contributed by atoms with Crippen molar-refractivity contribution in [3.63, 3.8) is 0 Å². The summed E-state index contributed by atoms with van der Waals surface area (Å²) in [6.45, 7) is 0. The van der Waals surface area contributed by atoms with Crippen LogP contribution in [0.5, 0.6) is 0 Å². The molecule has 0 atom stereocenters. The number of fused-ring (bicyclic) bond motifs is 1. The molecule has 0 aliphatic rings. The Morgan fingerprint density at radius 3 is 3.08 bits per heavy atom. The molecule has 0 saturated carbocycles. The molecular weight excluding hydrogens is 176 g/mol. The number of aromatic amines is 1. The lowest BCUT2D eigenvalue weighted by Crippen LogP contribution is -1.89. The van der Waals surface area contributed by atoms with E-state index in [0.29, 0.717) is 11.1 Å². The number of hydrogen-bond donors (Lipinski definition) is 1. The molecule has 0 saturated heterocycles. The summed E-state index contributed by atoms with van der Waals surface area (Å²) < 4.78 is 0. The Balaban J connectivity index is 2.82. The number of rotatable bonds is 1. The molecule has 0 amide bonds. The fourth-order valence-electron chi connectivity index (χ4n) is 1.12. The molecule has 0 aliphatic carbocycles. The molecule has 60 valence electrons. The van der Waals surface area contributed by atoms with Crippen LogP contribution in [-0.4, -0.2) is 15.2 Å². The van der Waals surface area contributed by atoms with Crippen LogP contribution in [0.3, 0.4) is 0 Å². The number of para-hydroxylation sites is 1. The molecule has 0 unspecified atom stereocenters. The highest BCUT2D eigenvalue weighted by atomic mass is 35.5. The first-order chi connectivity index (χ1) is 5.79. The van der Waals surface area contributed by atoms with E-state index in [1.165, 1.54) is 6.33 Å². The van der Waals surface area contributed by atoms with Gasteiger partial charge in [0, 0.05) is 0 Å². The van der Waals surface area contributed by atoms with Gasteiger partial charge >= 0.3 is 0 Å². The van der Waals surface area contributed by atoms with Gasteiger partial charge in [-0.3, -0.25) is 4.79 Å². The van der Waals surface area contributed by atoms with Crippen LogP contribution in [0.25, 0.3) is 11.0 Å². The van der Waals surface area contributed by atoms with Crippen LogP contribution in [0.4, 0.5) is 0 Å². The van der Waals surface area contributed by atoms with Crippen molar-refractivity contribution < 1.29 is 4.79 Å². The number of H-pyrrole nitrogens is 1. The third-order valence-electron chi connectivity index (χ3n) is 1.66. The highest BCUT2D eigenvalue weighted by Crippen LogP contribution is 2.15. The van der Waals surface area contributed by atoms with Crippen LogP contribution < -0.4 is 0 Å². The van der Waals surface area contributed by atoms with Gasteiger partial charge in [-0.2, -0.15) is 0 Å². The number of carbonyl (C=O) groups is 1. The molecular formula is C8H5ClN2O. The molecule has 1 heterocycles. The van der Waals surface area contributed by atoms with Gasteiger partial charge in [-0.05, 0) is 23.7 Å². The molecule has 12 heavy (non-hydrogen) atoms. The monoisotopic (exact) mass is 180 g/mol. The zero-order valence-electron chi connectivity index (χ0n) is 6.04. The third kappa shape index (κ3) is 0.987. The summed E-state index contributed by atoms with van der Waals surface area (Å²) in [5.74, 6) is 0. The number of carbonyl (C=O) groups excluding carboxylic acids is 1. The normalized spacial score (nSPS) is 10.4. The van der Waals surface area contributed by atoms with Gasteiger partial charge in [0.25, 0.3) is 5.24 Å². The van der Waals surface area contributed by atoms with Gasteiger partial charge in [0.05, 0.1) is 17.4 Å². The van der Waals surface area contributed by atoms with Gasteiger partial charge in [0.15, 0.2) is 0 Å². The summed E-state index contributed by atoms with van der Waals surface area (Å²) in [5.41, 5.74) is 1.88. The van der Waals surface area contributed by atoms with Crippen LogP contribution in [0.15, 0.2) is 24.5 Å². The fourth-order valence-corrected chi connectivity index (χ4v) is 1.28. The maximum Gasteiger partial charge on any atom is 0.254 e. The average Bonchev–Trinajstić information content (AvgIpc) is 2.49. The Bertz CT molecular complexity index is 435. The van der Waals surface area contributed by atoms with Crippen LogP contribution >= 0.6 is 11.6 Å². The van der Waals surface area contributed by atoms with Crippen molar-refractivity contribution in [1.82, 2.24) is 9.97 Å². The smallest absolute Gasteiger partial charge is 0.254 e. The van der Waals surface area contributed by atoms with Crippen molar-refractivity contribution in [2.75, 3.05) is 0 Å². The van der Waals surface area contributed by atoms with E-state index in [1.807, 2.05) is 6.07 Å². The van der Waals surface area contributed by atoms with E-state index >= 15 is 0 Å². The Kier molecular flexibility index (Phi) is 1.59. The number of halogens is 1. The van der Waals surface area contributed by atoms with E-state index in [0.717, 1.165) is 5.52 Å². The van der Waals surface area contributed by atoms with Crippen molar-refractivity contribution in [2.45, 2.75) is 0 Å². The Morgan fingerprint density at radius 2 is 2.33 bits per heavy atom. The van der Waals surface area contributed by atoms with Gasteiger partial charge in [0.1, 0.15) is 5.52 Å². The molecule has 0 bridgehead atoms. The molecule has 1 aromatic heterocycles. The molecule has 1 aromatic carbocycles. The summed E-state index contributed by atoms with van der Waals surface area (Å²) in [6, 6.07) is 5.25. The second-order valence-electron chi connectivity index (χ2n) is 2.38. The summed E-state index contributed by atoms with van der Waals surface area (Å²) in [7, 11) is 0. The molecule has 2 rings (SSSR count). The van der Waals surface area contributed by atoms with E-state index in [1.54, 1.807) is 12.1 Å². The predicted octanol–water partition coefficient (Wildman–Crippen LogP) is 1.94. The number of imidazole rings is 1. The van der Waals surface area contributed by atoms with E-state index in [-0.39, 0.29) is 0 Å². The van der Waals surface area contributed by atoms with Crippen molar-refractivity contribution in [3.05, 3.63) is 30.1 Å². The first-order valence-electron chi connectivity index (χ1n) is 3.41. The second kappa shape index (κ2) is 2.60. The van der Waals surface area contributed by atoms with Gasteiger partial charge in [-0.1, -0.05) is 6.07 Å². The van der Waals surface area contributed by atoms with Crippen LogP contribution in [0.1, 0.15) is 10.4 Å². The highest BCUT2D eigenvalue weighted by molar-refractivity contribution is 6.68. The summed E-state index contributed by atoms with van der Waals surface area (Å²) in [5, 5.41) is -0.479. The molecule has 1 N–H and O–H groups in total. The predicted molar refractivity (Wildman–Crippen MR) is 46.3 cm³/mol. The lowest BCUT2D eigenvalue weighted by atomic mass is 10.2. The van der Waals surface area contributed by atoms with E-state index in [9.17, 15) is 4.79 Å². The molecule has 4 heteroatoms. The SMILES string of the molecule is O=C(Cl)c1cccc2[nH]cnc12. The lowest BCUT2D eigenvalue weighted by Gasteiger charge is -1.93. The number of aromatic nitrogens is 2. The zero-order valence-corrected chi connectivity index (χ0v) is 6.80. The average molecular weight is 181 g/mol. The van der Waals surface area contributed by atoms with Crippen molar-refractivity contribution in [3.8, 4) is 0 Å². The van der Waals surface area contributed by atoms with Crippen LogP contribution in [0.2, 0.25) is 0 Å². The fraction of sp³-hybridized carbons (Fsp3) is 0. The number of nitrogens with one attached hydrogen (secondary N) is 1. The van der Waals surface area contributed by atoms with Crippen LogP contribution in [0, 0.1) is 0 Å². The minimum Gasteiger partial charge on any atom is -0.345 e. The molecule has 3 nitrogen and oxygen atoms in total. The zero-order chi connectivity index (χ0) is 8.55. The summed E-state index contributed by atoms with van der Waals surface area (Å²) in [4.78, 5) is 17.7. The van der Waals surface area contributed by atoms with Gasteiger partial charge < -0.3 is 4.98 Å². The quantitative estimate of drug-likeness (QED) is 0.682. The van der Waals surface area contributed by atoms with Gasteiger partial charge in [0.2, 0.25) is 0 Å². The third-order valence-corrected chi connectivity index (χ3v) is 1.87. The summed E-state index contributed by atoms with van der Waals surface area (Å²) in [6.07, 6.45) is 1.54. The largest absolute Gasteiger partial charge is 0.345 e. The van der Waals surface area contributed by atoms with Gasteiger partial charge in [-0.15, -0.1) is 0 Å². The Morgan fingerprint density at radius 1 is 1.50 bits per heavy atom. The minimum atomic E-state index is -0.479. The molecule has 0 radical (unpaired) electrons. The van der Waals surface area contributed by atoms with E-state index in [2.05, 4.69) is 9.97 Å². The number of benzene rings is 1. The van der Waals surface area contributed by atoms with Crippen molar-refractivity contribution >= 4 is 27.9 Å². The van der Waals surface area contributed by atoms with Crippen molar-refractivity contribution in [2.24, 2.45) is 0 Å². The van der Waals surface area contributed by atoms with Gasteiger partial charge in [-0.25, -0.2) is 4.98 Å². The minimum absolute atomic E-state index is 0.440. The maximum absolute atomic E-state index is 10.9. The number of hydrogen-bond acceptors (Lipinski definition) is 2. The first kappa shape index (κ1) is 7.31.